The maximum Gasteiger partial charge on any atom is 0.573 e. The largest absolute Gasteiger partial charge is 0.573 e. The van der Waals surface area contributed by atoms with E-state index in [4.69, 9.17) is 9.57 Å². The Morgan fingerprint density at radius 1 is 1.15 bits per heavy atom. The van der Waals surface area contributed by atoms with Crippen LogP contribution < -0.4 is 9.47 Å². The fourth-order valence-corrected chi connectivity index (χ4v) is 2.81. The topological polar surface area (TPSA) is 57.4 Å². The number of rotatable bonds is 3. The zero-order valence-electron chi connectivity index (χ0n) is 14.1. The van der Waals surface area contributed by atoms with Gasteiger partial charge in [0.25, 0.3) is 0 Å². The number of nitrogens with zero attached hydrogens (tertiary/aromatic N) is 3. The Balaban J connectivity index is 1.45. The molecule has 6 nitrogen and oxygen atoms in total. The highest BCUT2D eigenvalue weighted by atomic mass is 19.4. The van der Waals surface area contributed by atoms with Crippen molar-refractivity contribution in [2.24, 2.45) is 5.16 Å². The monoisotopic (exact) mass is 377 g/mol. The maximum atomic E-state index is 12.3. The fraction of sp³-hybridized carbons (Fsp3) is 0.222. The van der Waals surface area contributed by atoms with Crippen LogP contribution in [0.25, 0.3) is 5.52 Å². The number of alkyl halides is 3. The van der Waals surface area contributed by atoms with Gasteiger partial charge in [0, 0.05) is 12.3 Å². The van der Waals surface area contributed by atoms with Crippen LogP contribution in [0.2, 0.25) is 0 Å². The number of fused-ring (bicyclic) bond motifs is 1. The predicted octanol–water partition coefficient (Wildman–Crippen LogP) is 4.26. The summed E-state index contributed by atoms with van der Waals surface area (Å²) in [6.07, 6.45) is -2.63. The molecule has 0 radical (unpaired) electrons. The van der Waals surface area contributed by atoms with E-state index < -0.39 is 12.0 Å². The molecule has 0 amide bonds. The van der Waals surface area contributed by atoms with Crippen LogP contribution in [-0.2, 0) is 10.4 Å². The molecule has 0 fully saturated rings. The van der Waals surface area contributed by atoms with Gasteiger partial charge in [-0.2, -0.15) is 0 Å². The molecule has 1 aliphatic heterocycles. The first-order valence-electron chi connectivity index (χ1n) is 8.04. The first-order valence-corrected chi connectivity index (χ1v) is 8.04. The molecule has 3 heterocycles. The molecule has 1 atom stereocenters. The van der Waals surface area contributed by atoms with Gasteiger partial charge in [0.15, 0.2) is 5.60 Å². The van der Waals surface area contributed by atoms with E-state index in [2.05, 4.69) is 15.0 Å². The van der Waals surface area contributed by atoms with Crippen LogP contribution in [0, 0.1) is 0 Å². The summed E-state index contributed by atoms with van der Waals surface area (Å²) in [6.45, 7) is 1.77. The second-order valence-electron chi connectivity index (χ2n) is 6.21. The molecular formula is C18H14F3N3O3. The van der Waals surface area contributed by atoms with E-state index in [-0.39, 0.29) is 5.75 Å². The normalized spacial score (nSPS) is 19.6. The molecule has 0 aliphatic carbocycles. The highest BCUT2D eigenvalue weighted by molar-refractivity contribution is 5.80. The molecule has 27 heavy (non-hydrogen) atoms. The summed E-state index contributed by atoms with van der Waals surface area (Å²) >= 11 is 0. The third-order valence-corrected chi connectivity index (χ3v) is 4.11. The van der Waals surface area contributed by atoms with Crippen molar-refractivity contribution in [1.29, 1.82) is 0 Å². The Morgan fingerprint density at radius 2 is 1.93 bits per heavy atom. The lowest BCUT2D eigenvalue weighted by Gasteiger charge is -2.21. The summed E-state index contributed by atoms with van der Waals surface area (Å²) in [6, 6.07) is 12.9. The van der Waals surface area contributed by atoms with Gasteiger partial charge in [-0.3, -0.25) is 0 Å². The minimum absolute atomic E-state index is 0.296. The molecule has 140 valence electrons. The van der Waals surface area contributed by atoms with Crippen molar-refractivity contribution in [1.82, 2.24) is 9.61 Å². The SMILES string of the molecule is C[C@]1(c2ccc(OC(F)(F)F)cc2)CC(Oc2cc3ccccn3n2)=NO1. The molecule has 2 aromatic heterocycles. The van der Waals surface area contributed by atoms with Crippen LogP contribution in [-0.4, -0.2) is 21.9 Å². The Kier molecular flexibility index (Phi) is 3.94. The molecule has 0 saturated carbocycles. The molecule has 0 saturated heterocycles. The van der Waals surface area contributed by atoms with Gasteiger partial charge in [-0.25, -0.2) is 4.52 Å². The van der Waals surface area contributed by atoms with E-state index in [1.54, 1.807) is 23.7 Å². The smallest absolute Gasteiger partial charge is 0.420 e. The van der Waals surface area contributed by atoms with Crippen molar-refractivity contribution in [3.05, 3.63) is 60.3 Å². The second kappa shape index (κ2) is 6.19. The number of hydrogen-bond donors (Lipinski definition) is 0. The van der Waals surface area contributed by atoms with Crippen molar-refractivity contribution in [3.63, 3.8) is 0 Å². The van der Waals surface area contributed by atoms with Crippen LogP contribution in [0.15, 0.2) is 59.9 Å². The van der Waals surface area contributed by atoms with Crippen LogP contribution in [0.4, 0.5) is 13.2 Å². The molecule has 0 unspecified atom stereocenters. The predicted molar refractivity (Wildman–Crippen MR) is 89.4 cm³/mol. The molecule has 9 heteroatoms. The van der Waals surface area contributed by atoms with Gasteiger partial charge >= 0.3 is 6.36 Å². The molecular weight excluding hydrogens is 363 g/mol. The third kappa shape index (κ3) is 3.67. The van der Waals surface area contributed by atoms with Gasteiger partial charge < -0.3 is 14.3 Å². The van der Waals surface area contributed by atoms with Gasteiger partial charge in [-0.1, -0.05) is 23.4 Å². The van der Waals surface area contributed by atoms with E-state index in [0.29, 0.717) is 23.8 Å². The van der Waals surface area contributed by atoms with E-state index in [0.717, 1.165) is 5.52 Å². The fourth-order valence-electron chi connectivity index (χ4n) is 2.81. The standard InChI is InChI=1S/C18H14F3N3O3/c1-17(12-5-7-14(8-6-12)26-18(19,20)21)11-16(23-27-17)25-15-10-13-4-2-3-9-24(13)22-15/h2-10H,11H2,1H3/t17-/m1/s1. The lowest BCUT2D eigenvalue weighted by atomic mass is 9.93. The van der Waals surface area contributed by atoms with Crippen LogP contribution in [0.5, 0.6) is 11.6 Å². The summed E-state index contributed by atoms with van der Waals surface area (Å²) in [5, 5.41) is 8.22. The average molecular weight is 377 g/mol. The van der Waals surface area contributed by atoms with E-state index in [1.807, 2.05) is 18.2 Å². The molecule has 4 rings (SSSR count). The average Bonchev–Trinajstić information content (AvgIpc) is 3.18. The van der Waals surface area contributed by atoms with Crippen molar-refractivity contribution in [3.8, 4) is 11.6 Å². The summed E-state index contributed by atoms with van der Waals surface area (Å²) in [5.41, 5.74) is 0.662. The quantitative estimate of drug-likeness (QED) is 0.684. The van der Waals surface area contributed by atoms with Crippen molar-refractivity contribution in [2.45, 2.75) is 25.3 Å². The number of pyridine rings is 1. The lowest BCUT2D eigenvalue weighted by Crippen LogP contribution is -2.23. The summed E-state index contributed by atoms with van der Waals surface area (Å²) in [5.74, 6) is 0.410. The third-order valence-electron chi connectivity index (χ3n) is 4.11. The van der Waals surface area contributed by atoms with Crippen molar-refractivity contribution >= 4 is 11.4 Å². The Bertz CT molecular complexity index is 965. The van der Waals surface area contributed by atoms with Gasteiger partial charge in [-0.15, -0.1) is 18.3 Å². The second-order valence-corrected chi connectivity index (χ2v) is 6.21. The number of halogens is 3. The van der Waals surface area contributed by atoms with Gasteiger partial charge in [0.1, 0.15) is 5.75 Å². The number of aromatic nitrogens is 2. The molecule has 1 aromatic carbocycles. The van der Waals surface area contributed by atoms with Crippen molar-refractivity contribution < 1.29 is 27.5 Å². The van der Waals surface area contributed by atoms with Gasteiger partial charge in [0.2, 0.25) is 11.8 Å². The lowest BCUT2D eigenvalue weighted by molar-refractivity contribution is -0.274. The van der Waals surface area contributed by atoms with Gasteiger partial charge in [-0.05, 0) is 36.8 Å². The first-order chi connectivity index (χ1) is 12.8. The minimum Gasteiger partial charge on any atom is -0.420 e. The molecule has 0 spiro atoms. The van der Waals surface area contributed by atoms with Crippen LogP contribution in [0.3, 0.4) is 0 Å². The minimum atomic E-state index is -4.73. The number of benzene rings is 1. The van der Waals surface area contributed by atoms with Crippen molar-refractivity contribution in [2.75, 3.05) is 0 Å². The summed E-state index contributed by atoms with van der Waals surface area (Å²) < 4.78 is 48.0. The highest BCUT2D eigenvalue weighted by Gasteiger charge is 2.38. The maximum absolute atomic E-state index is 12.3. The van der Waals surface area contributed by atoms with Crippen LogP contribution in [0.1, 0.15) is 18.9 Å². The number of ether oxygens (including phenoxy) is 2. The Morgan fingerprint density at radius 3 is 2.63 bits per heavy atom. The Labute approximate surface area is 151 Å². The zero-order valence-corrected chi connectivity index (χ0v) is 14.1. The highest BCUT2D eigenvalue weighted by Crippen LogP contribution is 2.36. The van der Waals surface area contributed by atoms with Crippen LogP contribution >= 0.6 is 0 Å². The summed E-state index contributed by atoms with van der Waals surface area (Å²) in [4.78, 5) is 5.49. The van der Waals surface area contributed by atoms with E-state index >= 15 is 0 Å². The Hall–Kier alpha value is -3.23. The summed E-state index contributed by atoms with van der Waals surface area (Å²) in [7, 11) is 0. The zero-order chi connectivity index (χ0) is 19.1. The number of oxime groups is 1. The molecule has 3 aromatic rings. The first kappa shape index (κ1) is 17.2. The molecule has 1 aliphatic rings. The molecule has 0 bridgehead atoms. The van der Waals surface area contributed by atoms with E-state index in [1.165, 1.54) is 24.3 Å². The number of hydrogen-bond acceptors (Lipinski definition) is 5. The van der Waals surface area contributed by atoms with Gasteiger partial charge in [0.05, 0.1) is 11.9 Å². The van der Waals surface area contributed by atoms with E-state index in [9.17, 15) is 13.2 Å². The molecule has 0 N–H and O–H groups in total.